The summed E-state index contributed by atoms with van der Waals surface area (Å²) in [5, 5.41) is 34.5. The Bertz CT molecular complexity index is 1370. The first-order valence-corrected chi connectivity index (χ1v) is 11.2. The van der Waals surface area contributed by atoms with E-state index in [1.165, 1.54) is 33.5 Å². The van der Waals surface area contributed by atoms with Crippen LogP contribution in [0.15, 0.2) is 54.7 Å². The van der Waals surface area contributed by atoms with Crippen molar-refractivity contribution in [1.29, 1.82) is 0 Å². The van der Waals surface area contributed by atoms with Crippen molar-refractivity contribution in [2.75, 3.05) is 27.9 Å². The van der Waals surface area contributed by atoms with Gasteiger partial charge in [0.25, 0.3) is 5.91 Å². The van der Waals surface area contributed by atoms with E-state index in [0.717, 1.165) is 16.5 Å². The van der Waals surface area contributed by atoms with E-state index >= 15 is 0 Å². The van der Waals surface area contributed by atoms with Crippen molar-refractivity contribution in [3.8, 4) is 39.9 Å². The number of ether oxygens (including phenoxy) is 3. The van der Waals surface area contributed by atoms with Crippen LogP contribution in [-0.4, -0.2) is 60.2 Å². The molecule has 3 aromatic carbocycles. The first-order valence-electron chi connectivity index (χ1n) is 11.2. The molecule has 0 radical (unpaired) electrons. The van der Waals surface area contributed by atoms with Gasteiger partial charge in [0.15, 0.2) is 23.0 Å². The zero-order chi connectivity index (χ0) is 25.8. The highest BCUT2D eigenvalue weighted by Gasteiger charge is 2.22. The lowest BCUT2D eigenvalue weighted by Crippen LogP contribution is -2.39. The molecule has 1 aromatic heterocycles. The molecule has 0 unspecified atom stereocenters. The van der Waals surface area contributed by atoms with Crippen molar-refractivity contribution in [1.82, 2.24) is 10.3 Å². The summed E-state index contributed by atoms with van der Waals surface area (Å²) in [4.78, 5) is 16.3. The van der Waals surface area contributed by atoms with Crippen LogP contribution in [0, 0.1) is 0 Å². The summed E-state index contributed by atoms with van der Waals surface area (Å²) in [7, 11) is 4.46. The van der Waals surface area contributed by atoms with Crippen molar-refractivity contribution in [2.24, 2.45) is 0 Å². The van der Waals surface area contributed by atoms with E-state index < -0.39 is 23.4 Å². The monoisotopic (exact) mass is 492 g/mol. The molecule has 188 valence electrons. The molecule has 0 saturated carbocycles. The molecule has 0 spiro atoms. The van der Waals surface area contributed by atoms with Gasteiger partial charge in [-0.1, -0.05) is 18.2 Å². The summed E-state index contributed by atoms with van der Waals surface area (Å²) < 4.78 is 16.1. The van der Waals surface area contributed by atoms with E-state index in [4.69, 9.17) is 14.2 Å². The summed E-state index contributed by atoms with van der Waals surface area (Å²) in [5.41, 5.74) is 2.74. The lowest BCUT2D eigenvalue weighted by molar-refractivity contribution is 0.0913. The number of hydrogen-bond acceptors (Lipinski definition) is 7. The molecule has 4 rings (SSSR count). The zero-order valence-corrected chi connectivity index (χ0v) is 20.2. The molecule has 9 nitrogen and oxygen atoms in total. The zero-order valence-electron chi connectivity index (χ0n) is 20.2. The van der Waals surface area contributed by atoms with Crippen LogP contribution in [0.3, 0.4) is 0 Å². The van der Waals surface area contributed by atoms with E-state index in [9.17, 15) is 20.1 Å². The Balaban J connectivity index is 1.64. The molecule has 0 fully saturated rings. The smallest absolute Gasteiger partial charge is 0.255 e. The van der Waals surface area contributed by atoms with Gasteiger partial charge in [-0.05, 0) is 53.4 Å². The molecule has 0 aliphatic rings. The largest absolute Gasteiger partial charge is 0.504 e. The van der Waals surface area contributed by atoms with Gasteiger partial charge in [0.05, 0.1) is 39.5 Å². The second-order valence-corrected chi connectivity index (χ2v) is 8.22. The van der Waals surface area contributed by atoms with Crippen molar-refractivity contribution in [3.63, 3.8) is 0 Å². The average molecular weight is 493 g/mol. The molecule has 0 bridgehead atoms. The predicted octanol–water partition coefficient (Wildman–Crippen LogP) is 3.61. The summed E-state index contributed by atoms with van der Waals surface area (Å²) in [6.45, 7) is -0.315. The van der Waals surface area contributed by atoms with Crippen molar-refractivity contribution in [3.05, 3.63) is 65.9 Å². The van der Waals surface area contributed by atoms with Gasteiger partial charge >= 0.3 is 0 Å². The van der Waals surface area contributed by atoms with E-state index in [-0.39, 0.29) is 12.2 Å². The Morgan fingerprint density at radius 3 is 2.28 bits per heavy atom. The molecule has 0 saturated heterocycles. The summed E-state index contributed by atoms with van der Waals surface area (Å²) in [6, 6.07) is 13.2. The number of benzene rings is 3. The summed E-state index contributed by atoms with van der Waals surface area (Å²) in [5.74, 6) is -0.492. The first-order chi connectivity index (χ1) is 17.4. The number of phenols is 2. The minimum Gasteiger partial charge on any atom is -0.504 e. The van der Waals surface area contributed by atoms with Crippen LogP contribution in [0.4, 0.5) is 0 Å². The van der Waals surface area contributed by atoms with Crippen LogP contribution in [0.1, 0.15) is 15.9 Å². The van der Waals surface area contributed by atoms with Gasteiger partial charge in [-0.2, -0.15) is 0 Å². The molecule has 5 N–H and O–H groups in total. The van der Waals surface area contributed by atoms with E-state index in [2.05, 4.69) is 10.3 Å². The quantitative estimate of drug-likeness (QED) is 0.225. The maximum atomic E-state index is 13.1. The van der Waals surface area contributed by atoms with Crippen LogP contribution < -0.4 is 19.5 Å². The SMILES string of the molecule is COc1cc(-c2cc(O)c(O)c(C(=O)N[C@@H](CO)Cc3c[nH]c4ccccc34)c2)cc(OC)c1OC. The van der Waals surface area contributed by atoms with Gasteiger partial charge in [0, 0.05) is 17.1 Å². The van der Waals surface area contributed by atoms with Crippen LogP contribution in [-0.2, 0) is 6.42 Å². The van der Waals surface area contributed by atoms with Crippen molar-refractivity contribution in [2.45, 2.75) is 12.5 Å². The number of phenolic OH excluding ortho intramolecular Hbond substituents is 2. The Morgan fingerprint density at radius 2 is 1.64 bits per heavy atom. The second-order valence-electron chi connectivity index (χ2n) is 8.22. The van der Waals surface area contributed by atoms with E-state index in [0.29, 0.717) is 34.8 Å². The van der Waals surface area contributed by atoms with Gasteiger partial charge in [-0.3, -0.25) is 4.79 Å². The number of aliphatic hydroxyl groups is 1. The van der Waals surface area contributed by atoms with Gasteiger partial charge in [-0.25, -0.2) is 0 Å². The molecule has 1 amide bonds. The maximum absolute atomic E-state index is 13.1. The number of carbonyl (C=O) groups is 1. The van der Waals surface area contributed by atoms with Crippen molar-refractivity contribution >= 4 is 16.8 Å². The third-order valence-corrected chi connectivity index (χ3v) is 6.03. The molecule has 0 aliphatic carbocycles. The standard InChI is InChI=1S/C27H28N2O7/c1-34-23-11-16(12-24(35-2)26(23)36-3)15-9-20(25(32)22(31)10-15)27(33)29-18(14-30)8-17-13-28-21-7-5-4-6-19(17)21/h4-7,9-13,18,28,30-32H,8,14H2,1-3H3,(H,29,33)/t18-/m1/s1. The number of fused-ring (bicyclic) bond motifs is 1. The fourth-order valence-corrected chi connectivity index (χ4v) is 4.20. The lowest BCUT2D eigenvalue weighted by Gasteiger charge is -2.18. The van der Waals surface area contributed by atoms with Crippen molar-refractivity contribution < 1.29 is 34.3 Å². The third kappa shape index (κ3) is 4.73. The molecular weight excluding hydrogens is 464 g/mol. The Kier molecular flexibility index (Phi) is 7.21. The van der Waals surface area contributed by atoms with Crippen LogP contribution in [0.5, 0.6) is 28.7 Å². The topological polar surface area (TPSA) is 133 Å². The number of aromatic nitrogens is 1. The Labute approximate surface area is 207 Å². The first kappa shape index (κ1) is 24.7. The Morgan fingerprint density at radius 1 is 0.972 bits per heavy atom. The number of H-pyrrole nitrogens is 1. The number of carbonyl (C=O) groups excluding carboxylic acids is 1. The minimum absolute atomic E-state index is 0.142. The number of hydrogen-bond donors (Lipinski definition) is 5. The highest BCUT2D eigenvalue weighted by molar-refractivity contribution is 5.99. The molecule has 1 heterocycles. The normalized spacial score (nSPS) is 11.8. The predicted molar refractivity (Wildman–Crippen MR) is 135 cm³/mol. The number of aliphatic hydroxyl groups excluding tert-OH is 1. The minimum atomic E-state index is -0.643. The van der Waals surface area contributed by atoms with Crippen LogP contribution >= 0.6 is 0 Å². The van der Waals surface area contributed by atoms with Gasteiger partial charge in [0.1, 0.15) is 0 Å². The maximum Gasteiger partial charge on any atom is 0.255 e. The molecule has 36 heavy (non-hydrogen) atoms. The molecule has 4 aromatic rings. The van der Waals surface area contributed by atoms with Crippen LogP contribution in [0.25, 0.3) is 22.0 Å². The molecule has 0 aliphatic heterocycles. The molecule has 9 heteroatoms. The highest BCUT2D eigenvalue weighted by atomic mass is 16.5. The number of methoxy groups -OCH3 is 3. The highest BCUT2D eigenvalue weighted by Crippen LogP contribution is 2.43. The third-order valence-electron chi connectivity index (χ3n) is 6.03. The van der Waals surface area contributed by atoms with Crippen LogP contribution in [0.2, 0.25) is 0 Å². The second kappa shape index (κ2) is 10.5. The van der Waals surface area contributed by atoms with E-state index in [1.807, 2.05) is 30.5 Å². The van der Waals surface area contributed by atoms with Gasteiger partial charge in [-0.15, -0.1) is 0 Å². The average Bonchev–Trinajstić information content (AvgIpc) is 3.31. The number of aromatic amines is 1. The van der Waals surface area contributed by atoms with Gasteiger partial charge in [0.2, 0.25) is 5.75 Å². The van der Waals surface area contributed by atoms with Gasteiger partial charge < -0.3 is 39.8 Å². The number of aromatic hydroxyl groups is 2. The summed E-state index contributed by atoms with van der Waals surface area (Å²) >= 11 is 0. The lowest BCUT2D eigenvalue weighted by atomic mass is 9.99. The fourth-order valence-electron chi connectivity index (χ4n) is 4.20. The number of rotatable bonds is 9. The van der Waals surface area contributed by atoms with E-state index in [1.54, 1.807) is 12.1 Å². The molecular formula is C27H28N2O7. The number of para-hydroxylation sites is 1. The number of amides is 1. The fraction of sp³-hybridized carbons (Fsp3) is 0.222. The Hall–Kier alpha value is -4.37. The molecule has 1 atom stereocenters. The summed E-state index contributed by atoms with van der Waals surface area (Å²) in [6.07, 6.45) is 2.21. The number of nitrogens with one attached hydrogen (secondary N) is 2.